The van der Waals surface area contributed by atoms with Crippen molar-refractivity contribution < 1.29 is 0 Å². The Kier molecular flexibility index (Phi) is 7.68. The fourth-order valence-electron chi connectivity index (χ4n) is 5.00. The summed E-state index contributed by atoms with van der Waals surface area (Å²) in [6.07, 6.45) is 13.2. The zero-order valence-corrected chi connectivity index (χ0v) is 22.7. The average Bonchev–Trinajstić information content (AvgIpc) is 3.58. The number of hydrogen-bond donors (Lipinski definition) is 0. The SMILES string of the molecule is CCN(CC)c1ccc(C=CC2=NN(c3cc(C)c4ccccc4n3)C(C=Cc3cncn3CC)C2)cc1. The van der Waals surface area contributed by atoms with Crippen LogP contribution in [-0.4, -0.2) is 39.4 Å². The van der Waals surface area contributed by atoms with Gasteiger partial charge in [0.2, 0.25) is 0 Å². The first kappa shape index (κ1) is 25.5. The zero-order valence-electron chi connectivity index (χ0n) is 22.7. The van der Waals surface area contributed by atoms with Crippen molar-refractivity contribution in [1.29, 1.82) is 0 Å². The van der Waals surface area contributed by atoms with E-state index in [9.17, 15) is 0 Å². The predicted molar refractivity (Wildman–Crippen MR) is 161 cm³/mol. The molecule has 0 saturated carbocycles. The van der Waals surface area contributed by atoms with Crippen molar-refractivity contribution in [1.82, 2.24) is 14.5 Å². The molecule has 2 aromatic carbocycles. The summed E-state index contributed by atoms with van der Waals surface area (Å²) in [5.74, 6) is 0.867. The summed E-state index contributed by atoms with van der Waals surface area (Å²) >= 11 is 0. The average molecular weight is 505 g/mol. The van der Waals surface area contributed by atoms with Gasteiger partial charge < -0.3 is 9.47 Å². The molecule has 1 aliphatic heterocycles. The van der Waals surface area contributed by atoms with Gasteiger partial charge in [0.05, 0.1) is 35.5 Å². The Balaban J connectivity index is 1.44. The standard InChI is InChI=1S/C32H36N6/c1-5-36(6-2)27-16-13-25(14-17-27)12-15-26-21-28(18-19-29-22-33-23-37(29)7-3)38(35-26)32-20-24(4)30-10-8-9-11-31(30)34-32/h8-20,22-23,28H,5-7,21H2,1-4H3. The van der Waals surface area contributed by atoms with Crippen molar-refractivity contribution in [3.05, 3.63) is 96.1 Å². The van der Waals surface area contributed by atoms with Crippen LogP contribution in [0, 0.1) is 6.92 Å². The molecule has 0 N–H and O–H groups in total. The first-order valence-corrected chi connectivity index (χ1v) is 13.5. The Hall–Kier alpha value is -4.19. The summed E-state index contributed by atoms with van der Waals surface area (Å²) in [5.41, 5.74) is 6.73. The molecule has 3 heterocycles. The minimum absolute atomic E-state index is 0.0629. The molecule has 1 aliphatic rings. The highest BCUT2D eigenvalue weighted by molar-refractivity contribution is 6.01. The van der Waals surface area contributed by atoms with Crippen LogP contribution < -0.4 is 9.91 Å². The number of aryl methyl sites for hydroxylation is 2. The van der Waals surface area contributed by atoms with Gasteiger partial charge in [-0.2, -0.15) is 5.10 Å². The minimum atomic E-state index is 0.0629. The number of nitrogens with zero attached hydrogens (tertiary/aromatic N) is 6. The van der Waals surface area contributed by atoms with Crippen LogP contribution in [0.25, 0.3) is 23.1 Å². The highest BCUT2D eigenvalue weighted by Gasteiger charge is 2.26. The normalized spacial score (nSPS) is 15.7. The van der Waals surface area contributed by atoms with Crippen molar-refractivity contribution in [2.24, 2.45) is 5.10 Å². The van der Waals surface area contributed by atoms with Gasteiger partial charge in [0.1, 0.15) is 5.82 Å². The maximum Gasteiger partial charge on any atom is 0.150 e. The van der Waals surface area contributed by atoms with E-state index in [1.165, 1.54) is 22.2 Å². The number of imidazole rings is 1. The number of aromatic nitrogens is 3. The van der Waals surface area contributed by atoms with Gasteiger partial charge in [-0.25, -0.2) is 15.0 Å². The molecule has 4 aromatic rings. The number of benzene rings is 2. The molecule has 6 heteroatoms. The molecule has 0 spiro atoms. The summed E-state index contributed by atoms with van der Waals surface area (Å²) in [7, 11) is 0. The number of fused-ring (bicyclic) bond motifs is 1. The summed E-state index contributed by atoms with van der Waals surface area (Å²) in [5, 5.41) is 8.27. The number of hydrazone groups is 1. The minimum Gasteiger partial charge on any atom is -0.372 e. The molecular weight excluding hydrogens is 468 g/mol. The maximum atomic E-state index is 5.04. The molecule has 1 unspecified atom stereocenters. The molecule has 6 nitrogen and oxygen atoms in total. The molecular formula is C32H36N6. The lowest BCUT2D eigenvalue weighted by molar-refractivity contribution is 0.751. The van der Waals surface area contributed by atoms with Crippen molar-refractivity contribution in [3.63, 3.8) is 0 Å². The van der Waals surface area contributed by atoms with Crippen LogP contribution in [0.15, 0.2) is 84.4 Å². The Morgan fingerprint density at radius 1 is 0.974 bits per heavy atom. The van der Waals surface area contributed by atoms with Crippen LogP contribution in [0.3, 0.4) is 0 Å². The molecule has 0 radical (unpaired) electrons. The van der Waals surface area contributed by atoms with Gasteiger partial charge in [-0.1, -0.05) is 42.5 Å². The topological polar surface area (TPSA) is 49.6 Å². The third-order valence-electron chi connectivity index (χ3n) is 7.18. The molecule has 0 fully saturated rings. The molecule has 0 saturated heterocycles. The lowest BCUT2D eigenvalue weighted by Crippen LogP contribution is -2.25. The largest absolute Gasteiger partial charge is 0.372 e. The molecule has 194 valence electrons. The zero-order chi connectivity index (χ0) is 26.5. The number of pyridine rings is 1. The lowest BCUT2D eigenvalue weighted by Gasteiger charge is -2.21. The second-order valence-electron chi connectivity index (χ2n) is 9.58. The Morgan fingerprint density at radius 3 is 2.53 bits per heavy atom. The maximum absolute atomic E-state index is 5.04. The second kappa shape index (κ2) is 11.5. The summed E-state index contributed by atoms with van der Waals surface area (Å²) < 4.78 is 2.14. The van der Waals surface area contributed by atoms with Crippen LogP contribution in [0.5, 0.6) is 0 Å². The molecule has 1 atom stereocenters. The lowest BCUT2D eigenvalue weighted by atomic mass is 10.1. The molecule has 0 amide bonds. The van der Waals surface area contributed by atoms with Gasteiger partial charge in [-0.15, -0.1) is 0 Å². The van der Waals surface area contributed by atoms with Crippen LogP contribution in [-0.2, 0) is 6.54 Å². The van der Waals surface area contributed by atoms with Gasteiger partial charge in [0.15, 0.2) is 0 Å². The van der Waals surface area contributed by atoms with Gasteiger partial charge in [-0.3, -0.25) is 0 Å². The smallest absolute Gasteiger partial charge is 0.150 e. The van der Waals surface area contributed by atoms with Crippen molar-refractivity contribution >= 4 is 40.3 Å². The van der Waals surface area contributed by atoms with E-state index >= 15 is 0 Å². The van der Waals surface area contributed by atoms with E-state index in [2.05, 4.69) is 120 Å². The number of allylic oxidation sites excluding steroid dienone is 1. The van der Waals surface area contributed by atoms with Gasteiger partial charge >= 0.3 is 0 Å². The summed E-state index contributed by atoms with van der Waals surface area (Å²) in [6, 6.07) is 19.2. The second-order valence-corrected chi connectivity index (χ2v) is 9.58. The molecule has 2 aromatic heterocycles. The molecule has 5 rings (SSSR count). The van der Waals surface area contributed by atoms with Crippen LogP contribution in [0.4, 0.5) is 11.5 Å². The monoisotopic (exact) mass is 504 g/mol. The molecule has 38 heavy (non-hydrogen) atoms. The fraction of sp³-hybridized carbons (Fsp3) is 0.281. The number of rotatable bonds is 9. The van der Waals surface area contributed by atoms with Crippen molar-refractivity contribution in [2.75, 3.05) is 23.0 Å². The highest BCUT2D eigenvalue weighted by Crippen LogP contribution is 2.29. The van der Waals surface area contributed by atoms with Gasteiger partial charge in [0, 0.05) is 37.1 Å². The van der Waals surface area contributed by atoms with Crippen molar-refractivity contribution in [2.45, 2.75) is 46.7 Å². The predicted octanol–water partition coefficient (Wildman–Crippen LogP) is 6.97. The van der Waals surface area contributed by atoms with E-state index in [1.807, 2.05) is 18.6 Å². The van der Waals surface area contributed by atoms with Crippen LogP contribution in [0.1, 0.15) is 44.0 Å². The quantitative estimate of drug-likeness (QED) is 0.247. The first-order chi connectivity index (χ1) is 18.6. The van der Waals surface area contributed by atoms with Gasteiger partial charge in [0.25, 0.3) is 0 Å². The Bertz CT molecular complexity index is 1470. The molecule has 0 bridgehead atoms. The van der Waals surface area contributed by atoms with Crippen molar-refractivity contribution in [3.8, 4) is 0 Å². The number of para-hydroxylation sites is 1. The highest BCUT2D eigenvalue weighted by atomic mass is 15.5. The van der Waals surface area contributed by atoms with Gasteiger partial charge in [-0.05, 0) is 75.2 Å². The van der Waals surface area contributed by atoms with Crippen LogP contribution >= 0.6 is 0 Å². The van der Waals surface area contributed by atoms with E-state index in [4.69, 9.17) is 10.1 Å². The van der Waals surface area contributed by atoms with E-state index in [-0.39, 0.29) is 6.04 Å². The fourth-order valence-corrected chi connectivity index (χ4v) is 5.00. The first-order valence-electron chi connectivity index (χ1n) is 13.5. The summed E-state index contributed by atoms with van der Waals surface area (Å²) in [6.45, 7) is 11.5. The number of anilines is 2. The Labute approximate surface area is 225 Å². The van der Waals surface area contributed by atoms with E-state index in [0.717, 1.165) is 48.8 Å². The van der Waals surface area contributed by atoms with E-state index < -0.39 is 0 Å². The van der Waals surface area contributed by atoms with E-state index in [0.29, 0.717) is 0 Å². The van der Waals surface area contributed by atoms with Crippen LogP contribution in [0.2, 0.25) is 0 Å². The Morgan fingerprint density at radius 2 is 1.76 bits per heavy atom. The third-order valence-corrected chi connectivity index (χ3v) is 7.18. The van der Waals surface area contributed by atoms with E-state index in [1.54, 1.807) is 0 Å². The number of hydrogen-bond acceptors (Lipinski definition) is 5. The summed E-state index contributed by atoms with van der Waals surface area (Å²) in [4.78, 5) is 11.6. The third kappa shape index (κ3) is 5.40. The molecule has 0 aliphatic carbocycles.